The molecule has 0 saturated carbocycles. The van der Waals surface area contributed by atoms with Gasteiger partial charge in [-0.05, 0) is 12.1 Å². The van der Waals surface area contributed by atoms with Crippen molar-refractivity contribution in [3.05, 3.63) is 29.6 Å². The van der Waals surface area contributed by atoms with Gasteiger partial charge in [-0.25, -0.2) is 4.39 Å². The molecule has 0 radical (unpaired) electrons. The fraction of sp³-hybridized carbons (Fsp3) is 0.333. The Balaban J connectivity index is 2.09. The summed E-state index contributed by atoms with van der Waals surface area (Å²) in [7, 11) is 0. The fourth-order valence-electron chi connectivity index (χ4n) is 1.90. The number of carbonyl (C=O) groups excluding carboxylic acids is 2. The second-order valence-corrected chi connectivity index (χ2v) is 4.58. The molecule has 2 amide bonds. The van der Waals surface area contributed by atoms with Crippen molar-refractivity contribution in [1.29, 1.82) is 0 Å². The van der Waals surface area contributed by atoms with Crippen LogP contribution in [0.25, 0.3) is 0 Å². The predicted molar refractivity (Wildman–Crippen MR) is 63.1 cm³/mol. The van der Waals surface area contributed by atoms with Crippen molar-refractivity contribution in [2.24, 2.45) is 5.73 Å². The molecule has 9 heteroatoms. The molecule has 21 heavy (non-hydrogen) atoms. The van der Waals surface area contributed by atoms with Crippen LogP contribution in [0.3, 0.4) is 0 Å². The van der Waals surface area contributed by atoms with Crippen LogP contribution in [0, 0.1) is 5.82 Å². The molecule has 1 aliphatic rings. The van der Waals surface area contributed by atoms with Gasteiger partial charge in [0.1, 0.15) is 11.6 Å². The highest BCUT2D eigenvalue weighted by Gasteiger charge is 2.48. The number of benzene rings is 1. The van der Waals surface area contributed by atoms with Gasteiger partial charge in [0.15, 0.2) is 5.60 Å². The number of carbonyl (C=O) groups is 2. The zero-order chi connectivity index (χ0) is 15.8. The van der Waals surface area contributed by atoms with E-state index in [9.17, 15) is 27.9 Å². The average Bonchev–Trinajstić information content (AvgIpc) is 2.33. The van der Waals surface area contributed by atoms with E-state index in [2.05, 4.69) is 4.74 Å². The van der Waals surface area contributed by atoms with Crippen molar-refractivity contribution < 1.29 is 32.6 Å². The third-order valence-corrected chi connectivity index (χ3v) is 3.05. The monoisotopic (exact) mass is 304 g/mol. The second kappa shape index (κ2) is 5.24. The van der Waals surface area contributed by atoms with Crippen molar-refractivity contribution in [2.75, 3.05) is 13.1 Å². The lowest BCUT2D eigenvalue weighted by atomic mass is 9.92. The Bertz CT molecular complexity index is 588. The number of likely N-dealkylation sites (tertiary alicyclic amines) is 1. The average molecular weight is 304 g/mol. The number of hydrogen-bond donors (Lipinski definition) is 2. The molecule has 2 rings (SSSR count). The quantitative estimate of drug-likeness (QED) is 0.825. The highest BCUT2D eigenvalue weighted by Crippen LogP contribution is 2.25. The van der Waals surface area contributed by atoms with E-state index in [0.29, 0.717) is 6.07 Å². The Labute approximate surface area is 116 Å². The number of nitrogens with two attached hydrogens (primary N) is 1. The molecule has 6 nitrogen and oxygen atoms in total. The topological polar surface area (TPSA) is 92.9 Å². The molecule has 1 fully saturated rings. The van der Waals surface area contributed by atoms with Gasteiger partial charge in [0.2, 0.25) is 0 Å². The predicted octanol–water partition coefficient (Wildman–Crippen LogP) is 0.0993. The first-order chi connectivity index (χ1) is 9.73. The van der Waals surface area contributed by atoms with Crippen LogP contribution < -0.4 is 10.5 Å². The maximum absolute atomic E-state index is 13.7. The molecule has 1 aromatic carbocycles. The number of aliphatic hydroxyl groups is 1. The van der Waals surface area contributed by atoms with Crippen LogP contribution in [0.15, 0.2) is 18.2 Å². The maximum atomic E-state index is 13.7. The number of alkyl halides is 2. The number of halogens is 3. The normalized spacial score (nSPS) is 16.5. The van der Waals surface area contributed by atoms with Crippen LogP contribution in [-0.4, -0.2) is 47.1 Å². The summed E-state index contributed by atoms with van der Waals surface area (Å²) in [5.41, 5.74) is 2.74. The summed E-state index contributed by atoms with van der Waals surface area (Å²) in [5, 5.41) is 9.60. The third-order valence-electron chi connectivity index (χ3n) is 3.05. The van der Waals surface area contributed by atoms with Gasteiger partial charge in [-0.1, -0.05) is 0 Å². The second-order valence-electron chi connectivity index (χ2n) is 4.58. The Morgan fingerprint density at radius 1 is 1.38 bits per heavy atom. The number of ether oxygens (including phenoxy) is 1. The highest BCUT2D eigenvalue weighted by atomic mass is 19.3. The summed E-state index contributed by atoms with van der Waals surface area (Å²) in [6.07, 6.45) is 0. The van der Waals surface area contributed by atoms with Gasteiger partial charge in [-0.15, -0.1) is 0 Å². The van der Waals surface area contributed by atoms with Crippen LogP contribution in [0.1, 0.15) is 10.4 Å². The van der Waals surface area contributed by atoms with E-state index in [1.807, 2.05) is 0 Å². The van der Waals surface area contributed by atoms with Crippen molar-refractivity contribution in [1.82, 2.24) is 4.90 Å². The molecular weight excluding hydrogens is 293 g/mol. The van der Waals surface area contributed by atoms with Crippen LogP contribution >= 0.6 is 0 Å². The molecule has 114 valence electrons. The first kappa shape index (κ1) is 15.1. The van der Waals surface area contributed by atoms with E-state index in [1.54, 1.807) is 0 Å². The number of β-amino-alcohol motifs (C(OH)–C–C–N with tert-alkyl or cyclic N) is 1. The van der Waals surface area contributed by atoms with Crippen molar-refractivity contribution in [3.63, 3.8) is 0 Å². The van der Waals surface area contributed by atoms with Gasteiger partial charge < -0.3 is 20.5 Å². The minimum atomic E-state index is -3.10. The Hall–Kier alpha value is -2.29. The molecule has 0 atom stereocenters. The number of rotatable bonds is 4. The van der Waals surface area contributed by atoms with Crippen LogP contribution in [0.5, 0.6) is 5.75 Å². The van der Waals surface area contributed by atoms with Crippen molar-refractivity contribution in [3.8, 4) is 5.75 Å². The SMILES string of the molecule is NC(=O)C1(O)CN(C(=O)c2ccc(OC(F)F)cc2F)C1. The molecule has 0 aliphatic carbocycles. The Kier molecular flexibility index (Phi) is 3.77. The zero-order valence-electron chi connectivity index (χ0n) is 10.6. The van der Waals surface area contributed by atoms with Gasteiger partial charge in [-0.2, -0.15) is 8.78 Å². The van der Waals surface area contributed by atoms with Gasteiger partial charge in [-0.3, -0.25) is 9.59 Å². The standard InChI is InChI=1S/C12H11F3N2O4/c13-8-3-6(21-11(14)15)1-2-7(8)9(18)17-4-12(20,5-17)10(16)19/h1-3,11,20H,4-5H2,(H2,16,19). The van der Waals surface area contributed by atoms with Gasteiger partial charge in [0.25, 0.3) is 11.8 Å². The van der Waals surface area contributed by atoms with Crippen LogP contribution in [0.2, 0.25) is 0 Å². The summed E-state index contributed by atoms with van der Waals surface area (Å²) >= 11 is 0. The molecule has 0 aromatic heterocycles. The van der Waals surface area contributed by atoms with E-state index in [-0.39, 0.29) is 18.7 Å². The van der Waals surface area contributed by atoms with Gasteiger partial charge in [0.05, 0.1) is 18.7 Å². The van der Waals surface area contributed by atoms with E-state index in [1.165, 1.54) is 0 Å². The minimum Gasteiger partial charge on any atom is -0.435 e. The van der Waals surface area contributed by atoms with Crippen molar-refractivity contribution >= 4 is 11.8 Å². The lowest BCUT2D eigenvalue weighted by Gasteiger charge is -2.44. The van der Waals surface area contributed by atoms with Gasteiger partial charge in [0, 0.05) is 6.07 Å². The van der Waals surface area contributed by atoms with Crippen LogP contribution in [-0.2, 0) is 4.79 Å². The molecule has 1 aromatic rings. The van der Waals surface area contributed by atoms with Crippen molar-refractivity contribution in [2.45, 2.75) is 12.2 Å². The molecule has 1 saturated heterocycles. The third kappa shape index (κ3) is 2.92. The first-order valence-electron chi connectivity index (χ1n) is 5.79. The van der Waals surface area contributed by atoms with E-state index < -0.39 is 35.6 Å². The number of amides is 2. The Morgan fingerprint density at radius 3 is 2.48 bits per heavy atom. The zero-order valence-corrected chi connectivity index (χ0v) is 10.6. The maximum Gasteiger partial charge on any atom is 0.387 e. The largest absolute Gasteiger partial charge is 0.435 e. The molecule has 1 heterocycles. The summed E-state index contributed by atoms with van der Waals surface area (Å²) in [4.78, 5) is 23.8. The highest BCUT2D eigenvalue weighted by molar-refractivity contribution is 5.97. The van der Waals surface area contributed by atoms with Crippen LogP contribution in [0.4, 0.5) is 13.2 Å². The molecular formula is C12H11F3N2O4. The summed E-state index contributed by atoms with van der Waals surface area (Å²) in [5.74, 6) is -3.24. The van der Waals surface area contributed by atoms with Gasteiger partial charge >= 0.3 is 6.61 Å². The number of nitrogens with zero attached hydrogens (tertiary/aromatic N) is 1. The number of primary amides is 1. The molecule has 1 aliphatic heterocycles. The summed E-state index contributed by atoms with van der Waals surface area (Å²) < 4.78 is 41.6. The lowest BCUT2D eigenvalue weighted by molar-refractivity contribution is -0.151. The van der Waals surface area contributed by atoms with E-state index >= 15 is 0 Å². The number of hydrogen-bond acceptors (Lipinski definition) is 4. The molecule has 3 N–H and O–H groups in total. The van der Waals surface area contributed by atoms with E-state index in [4.69, 9.17) is 5.73 Å². The fourth-order valence-corrected chi connectivity index (χ4v) is 1.90. The smallest absolute Gasteiger partial charge is 0.387 e. The lowest BCUT2D eigenvalue weighted by Crippen LogP contribution is -2.69. The molecule has 0 bridgehead atoms. The Morgan fingerprint density at radius 2 is 2.00 bits per heavy atom. The summed E-state index contributed by atoms with van der Waals surface area (Å²) in [6.45, 7) is -3.81. The molecule has 0 spiro atoms. The first-order valence-corrected chi connectivity index (χ1v) is 5.79. The minimum absolute atomic E-state index is 0.351. The van der Waals surface area contributed by atoms with E-state index in [0.717, 1.165) is 17.0 Å². The molecule has 0 unspecified atom stereocenters. The summed E-state index contributed by atoms with van der Waals surface area (Å²) in [6, 6.07) is 2.65.